The molecular formula is C15H14N2O6. The van der Waals surface area contributed by atoms with Crippen LogP contribution in [0.5, 0.6) is 0 Å². The van der Waals surface area contributed by atoms with Gasteiger partial charge in [0.2, 0.25) is 0 Å². The molecule has 0 fully saturated rings. The lowest BCUT2D eigenvalue weighted by Crippen LogP contribution is -2.16. The Hall–Kier alpha value is -3.16. The fraction of sp³-hybridized carbons (Fsp3) is 0.200. The average molecular weight is 318 g/mol. The third-order valence-electron chi connectivity index (χ3n) is 2.95. The smallest absolute Gasteiger partial charge is 0.339 e. The lowest BCUT2D eigenvalue weighted by atomic mass is 10.1. The molecular weight excluding hydrogens is 304 g/mol. The van der Waals surface area contributed by atoms with Crippen LogP contribution in [-0.4, -0.2) is 37.2 Å². The molecule has 0 saturated heterocycles. The highest BCUT2D eigenvalue weighted by Crippen LogP contribution is 2.20. The number of hydrogen-bond donors (Lipinski definition) is 1. The molecule has 0 atom stereocenters. The van der Waals surface area contributed by atoms with Crippen LogP contribution < -0.4 is 5.32 Å². The predicted molar refractivity (Wildman–Crippen MR) is 78.3 cm³/mol. The maximum Gasteiger partial charge on any atom is 0.339 e. The van der Waals surface area contributed by atoms with Crippen molar-refractivity contribution in [1.29, 1.82) is 0 Å². The number of esters is 2. The summed E-state index contributed by atoms with van der Waals surface area (Å²) in [5, 5.41) is 6.09. The van der Waals surface area contributed by atoms with Crippen molar-refractivity contribution >= 4 is 23.5 Å². The summed E-state index contributed by atoms with van der Waals surface area (Å²) in [7, 11) is 2.44. The molecule has 0 aliphatic carbocycles. The molecule has 1 aromatic heterocycles. The van der Waals surface area contributed by atoms with Crippen molar-refractivity contribution in [3.63, 3.8) is 0 Å². The van der Waals surface area contributed by atoms with Gasteiger partial charge in [-0.1, -0.05) is 5.16 Å². The molecule has 2 aromatic rings. The summed E-state index contributed by atoms with van der Waals surface area (Å²) in [6, 6.07) is 5.52. The highest BCUT2D eigenvalue weighted by molar-refractivity contribution is 6.08. The Labute approximate surface area is 131 Å². The van der Waals surface area contributed by atoms with E-state index in [1.165, 1.54) is 38.5 Å². The average Bonchev–Trinajstić information content (AvgIpc) is 3.00. The van der Waals surface area contributed by atoms with Crippen molar-refractivity contribution in [2.45, 2.75) is 6.92 Å². The maximum atomic E-state index is 12.1. The van der Waals surface area contributed by atoms with E-state index < -0.39 is 17.8 Å². The molecule has 0 aliphatic heterocycles. The van der Waals surface area contributed by atoms with Gasteiger partial charge in [-0.25, -0.2) is 9.59 Å². The van der Waals surface area contributed by atoms with Gasteiger partial charge in [0.05, 0.1) is 31.0 Å². The molecule has 0 saturated carbocycles. The van der Waals surface area contributed by atoms with Crippen LogP contribution in [0.4, 0.5) is 5.69 Å². The number of amides is 1. The molecule has 8 heteroatoms. The second-order valence-electron chi connectivity index (χ2n) is 4.52. The molecule has 0 aliphatic rings. The first kappa shape index (κ1) is 16.2. The number of carbonyl (C=O) groups excluding carboxylic acids is 3. The van der Waals surface area contributed by atoms with E-state index in [-0.39, 0.29) is 22.5 Å². The lowest BCUT2D eigenvalue weighted by molar-refractivity contribution is 0.0587. The van der Waals surface area contributed by atoms with Gasteiger partial charge in [-0.2, -0.15) is 0 Å². The van der Waals surface area contributed by atoms with Crippen LogP contribution in [0.25, 0.3) is 0 Å². The summed E-state index contributed by atoms with van der Waals surface area (Å²) in [4.78, 5) is 35.5. The minimum absolute atomic E-state index is 0.0433. The number of anilines is 1. The second kappa shape index (κ2) is 6.73. The van der Waals surface area contributed by atoms with Crippen LogP contribution >= 0.6 is 0 Å². The van der Waals surface area contributed by atoms with E-state index in [2.05, 4.69) is 19.9 Å². The van der Waals surface area contributed by atoms with Gasteiger partial charge in [0.15, 0.2) is 5.69 Å². The van der Waals surface area contributed by atoms with Crippen molar-refractivity contribution in [1.82, 2.24) is 5.16 Å². The first-order valence-electron chi connectivity index (χ1n) is 6.51. The van der Waals surface area contributed by atoms with E-state index in [0.717, 1.165) is 0 Å². The van der Waals surface area contributed by atoms with Gasteiger partial charge >= 0.3 is 11.9 Å². The largest absolute Gasteiger partial charge is 0.465 e. The molecule has 1 N–H and O–H groups in total. The highest BCUT2D eigenvalue weighted by atomic mass is 16.5. The summed E-state index contributed by atoms with van der Waals surface area (Å²) in [5.41, 5.74) is 0.410. The van der Waals surface area contributed by atoms with E-state index >= 15 is 0 Å². The van der Waals surface area contributed by atoms with Gasteiger partial charge in [-0.05, 0) is 25.1 Å². The molecule has 120 valence electrons. The topological polar surface area (TPSA) is 108 Å². The number of benzene rings is 1. The van der Waals surface area contributed by atoms with Gasteiger partial charge in [-0.3, -0.25) is 4.79 Å². The molecule has 1 amide bonds. The van der Waals surface area contributed by atoms with E-state index in [1.54, 1.807) is 6.92 Å². The van der Waals surface area contributed by atoms with Crippen molar-refractivity contribution in [2.75, 3.05) is 19.5 Å². The number of hydrogen-bond acceptors (Lipinski definition) is 7. The van der Waals surface area contributed by atoms with Crippen LogP contribution in [0, 0.1) is 6.92 Å². The summed E-state index contributed by atoms with van der Waals surface area (Å²) in [5.74, 6) is -1.39. The molecule has 0 spiro atoms. The number of nitrogens with one attached hydrogen (secondary N) is 1. The number of aromatic nitrogens is 1. The molecule has 0 unspecified atom stereocenters. The summed E-state index contributed by atoms with van der Waals surface area (Å²) < 4.78 is 14.1. The SMILES string of the molecule is COC(=O)c1ccc(C(=O)OC)c(NC(=O)c2cc(C)on2)c1. The molecule has 0 radical (unpaired) electrons. The van der Waals surface area contributed by atoms with Crippen molar-refractivity contribution in [3.8, 4) is 0 Å². The Kier molecular flexibility index (Phi) is 4.75. The van der Waals surface area contributed by atoms with Gasteiger partial charge < -0.3 is 19.3 Å². The maximum absolute atomic E-state index is 12.1. The number of aryl methyl sites for hydroxylation is 1. The standard InChI is InChI=1S/C15H14N2O6/c1-8-6-12(17-23-8)13(18)16-11-7-9(14(19)21-2)4-5-10(11)15(20)22-3/h4-7H,1-3H3,(H,16,18). The monoisotopic (exact) mass is 318 g/mol. The molecule has 1 heterocycles. The number of ether oxygens (including phenoxy) is 2. The van der Waals surface area contributed by atoms with Gasteiger partial charge in [-0.15, -0.1) is 0 Å². The van der Waals surface area contributed by atoms with E-state index in [1.807, 2.05) is 0 Å². The van der Waals surface area contributed by atoms with Gasteiger partial charge in [0, 0.05) is 6.07 Å². The fourth-order valence-corrected chi connectivity index (χ4v) is 1.84. The van der Waals surface area contributed by atoms with E-state index in [4.69, 9.17) is 4.52 Å². The minimum Gasteiger partial charge on any atom is -0.465 e. The summed E-state index contributed by atoms with van der Waals surface area (Å²) in [6.07, 6.45) is 0. The zero-order valence-electron chi connectivity index (χ0n) is 12.7. The van der Waals surface area contributed by atoms with Crippen molar-refractivity contribution in [2.24, 2.45) is 0 Å². The first-order chi connectivity index (χ1) is 11.0. The molecule has 0 bridgehead atoms. The van der Waals surface area contributed by atoms with Crippen molar-refractivity contribution in [3.05, 3.63) is 46.8 Å². The Morgan fingerprint density at radius 3 is 2.35 bits per heavy atom. The second-order valence-corrected chi connectivity index (χ2v) is 4.52. The van der Waals surface area contributed by atoms with Crippen LogP contribution in [0.2, 0.25) is 0 Å². The Balaban J connectivity index is 2.38. The zero-order valence-corrected chi connectivity index (χ0v) is 12.7. The van der Waals surface area contributed by atoms with Crippen LogP contribution in [0.3, 0.4) is 0 Å². The normalized spacial score (nSPS) is 10.0. The Morgan fingerprint density at radius 2 is 1.78 bits per heavy atom. The zero-order chi connectivity index (χ0) is 17.0. The first-order valence-corrected chi connectivity index (χ1v) is 6.51. The molecule has 8 nitrogen and oxygen atoms in total. The summed E-state index contributed by atoms with van der Waals surface area (Å²) in [6.45, 7) is 1.64. The Bertz CT molecular complexity index is 765. The molecule has 2 rings (SSSR count). The number of methoxy groups -OCH3 is 2. The molecule has 1 aromatic carbocycles. The van der Waals surface area contributed by atoms with Gasteiger partial charge in [0.25, 0.3) is 5.91 Å². The Morgan fingerprint density at radius 1 is 1.09 bits per heavy atom. The highest BCUT2D eigenvalue weighted by Gasteiger charge is 2.19. The third kappa shape index (κ3) is 3.54. The predicted octanol–water partition coefficient (Wildman–Crippen LogP) is 1.81. The number of nitrogens with zero attached hydrogens (tertiary/aromatic N) is 1. The molecule has 23 heavy (non-hydrogen) atoms. The van der Waals surface area contributed by atoms with Crippen LogP contribution in [-0.2, 0) is 9.47 Å². The van der Waals surface area contributed by atoms with E-state index in [0.29, 0.717) is 5.76 Å². The van der Waals surface area contributed by atoms with Crippen molar-refractivity contribution < 1.29 is 28.4 Å². The third-order valence-corrected chi connectivity index (χ3v) is 2.95. The van der Waals surface area contributed by atoms with Gasteiger partial charge in [0.1, 0.15) is 5.76 Å². The van der Waals surface area contributed by atoms with Crippen LogP contribution in [0.1, 0.15) is 37.0 Å². The number of carbonyl (C=O) groups is 3. The lowest BCUT2D eigenvalue weighted by Gasteiger charge is -2.10. The van der Waals surface area contributed by atoms with Crippen LogP contribution in [0.15, 0.2) is 28.8 Å². The van der Waals surface area contributed by atoms with E-state index in [9.17, 15) is 14.4 Å². The fourth-order valence-electron chi connectivity index (χ4n) is 1.84. The number of rotatable bonds is 4. The summed E-state index contributed by atoms with van der Waals surface area (Å²) >= 11 is 0. The minimum atomic E-state index is -0.659. The quantitative estimate of drug-likeness (QED) is 0.856.